The molecular weight excluding hydrogens is 256 g/mol. The van der Waals surface area contributed by atoms with Crippen molar-refractivity contribution < 1.29 is 19.1 Å². The van der Waals surface area contributed by atoms with Gasteiger partial charge in [-0.05, 0) is 39.0 Å². The molecule has 0 atom stereocenters. The van der Waals surface area contributed by atoms with Crippen molar-refractivity contribution in [3.8, 4) is 5.75 Å². The molecule has 0 N–H and O–H groups in total. The van der Waals surface area contributed by atoms with Crippen molar-refractivity contribution in [3.63, 3.8) is 0 Å². The van der Waals surface area contributed by atoms with Crippen LogP contribution in [0.3, 0.4) is 0 Å². The van der Waals surface area contributed by atoms with Gasteiger partial charge < -0.3 is 9.47 Å². The van der Waals surface area contributed by atoms with Crippen LogP contribution in [-0.2, 0) is 9.53 Å². The largest absolute Gasteiger partial charge is 0.476 e. The quantitative estimate of drug-likeness (QED) is 0.610. The Morgan fingerprint density at radius 1 is 1.44 bits per heavy atom. The molecule has 1 aromatic carbocycles. The molecule has 0 fully saturated rings. The first kappa shape index (κ1) is 14.5. The van der Waals surface area contributed by atoms with Crippen LogP contribution < -0.4 is 4.74 Å². The summed E-state index contributed by atoms with van der Waals surface area (Å²) in [5, 5.41) is 0.280. The Balaban J connectivity index is 2.87. The maximum absolute atomic E-state index is 11.6. The summed E-state index contributed by atoms with van der Waals surface area (Å²) in [6, 6.07) is 4.61. The zero-order chi connectivity index (χ0) is 13.8. The van der Waals surface area contributed by atoms with Crippen molar-refractivity contribution in [2.45, 2.75) is 26.4 Å². The Labute approximate surface area is 111 Å². The van der Waals surface area contributed by atoms with E-state index in [-0.39, 0.29) is 11.6 Å². The molecule has 0 aliphatic carbocycles. The minimum Gasteiger partial charge on any atom is -0.476 e. The molecule has 0 spiro atoms. The van der Waals surface area contributed by atoms with Gasteiger partial charge in [0.25, 0.3) is 0 Å². The summed E-state index contributed by atoms with van der Waals surface area (Å²) < 4.78 is 10.4. The molecule has 0 unspecified atom stereocenters. The highest BCUT2D eigenvalue weighted by Gasteiger charge is 2.31. The number of hydrogen-bond donors (Lipinski definition) is 0. The fourth-order valence-corrected chi connectivity index (χ4v) is 1.52. The molecule has 4 nitrogen and oxygen atoms in total. The molecule has 0 aliphatic rings. The molecular formula is C13H15ClO4. The second-order valence-corrected chi connectivity index (χ2v) is 4.54. The van der Waals surface area contributed by atoms with Gasteiger partial charge in [0.1, 0.15) is 5.75 Å². The van der Waals surface area contributed by atoms with Gasteiger partial charge in [0, 0.05) is 5.56 Å². The predicted molar refractivity (Wildman–Crippen MR) is 68.2 cm³/mol. The zero-order valence-electron chi connectivity index (χ0n) is 10.5. The van der Waals surface area contributed by atoms with Gasteiger partial charge in [-0.15, -0.1) is 0 Å². The van der Waals surface area contributed by atoms with Gasteiger partial charge in [0.2, 0.25) is 0 Å². The maximum atomic E-state index is 11.6. The molecule has 0 bridgehead atoms. The predicted octanol–water partition coefficient (Wildman–Crippen LogP) is 2.87. The van der Waals surface area contributed by atoms with E-state index < -0.39 is 11.6 Å². The van der Waals surface area contributed by atoms with Gasteiger partial charge in [-0.3, -0.25) is 4.79 Å². The first-order valence-electron chi connectivity index (χ1n) is 5.51. The highest BCUT2D eigenvalue weighted by Crippen LogP contribution is 2.25. The van der Waals surface area contributed by atoms with E-state index in [2.05, 4.69) is 0 Å². The van der Waals surface area contributed by atoms with E-state index in [1.54, 1.807) is 26.8 Å². The van der Waals surface area contributed by atoms with Crippen molar-refractivity contribution in [1.82, 2.24) is 0 Å². The van der Waals surface area contributed by atoms with Crippen molar-refractivity contribution in [2.75, 3.05) is 6.61 Å². The van der Waals surface area contributed by atoms with E-state index in [0.29, 0.717) is 17.6 Å². The van der Waals surface area contributed by atoms with Gasteiger partial charge in [-0.2, -0.15) is 0 Å². The number of carbonyl (C=O) groups excluding carboxylic acids is 2. The molecule has 18 heavy (non-hydrogen) atoms. The number of halogens is 1. The van der Waals surface area contributed by atoms with E-state index in [1.807, 2.05) is 0 Å². The first-order valence-corrected chi connectivity index (χ1v) is 5.89. The Kier molecular flexibility index (Phi) is 4.73. The van der Waals surface area contributed by atoms with Crippen LogP contribution in [0.25, 0.3) is 0 Å². The van der Waals surface area contributed by atoms with Crippen LogP contribution in [0.5, 0.6) is 5.75 Å². The number of carbonyl (C=O) groups is 2. The number of benzene rings is 1. The molecule has 0 saturated heterocycles. The normalized spacial score (nSPS) is 10.9. The Bertz CT molecular complexity index is 454. The van der Waals surface area contributed by atoms with Gasteiger partial charge in [0.05, 0.1) is 11.6 Å². The van der Waals surface area contributed by atoms with Crippen LogP contribution in [-0.4, -0.2) is 24.5 Å². The first-order chi connectivity index (χ1) is 8.40. The summed E-state index contributed by atoms with van der Waals surface area (Å²) >= 11 is 5.87. The fourth-order valence-electron chi connectivity index (χ4n) is 1.31. The van der Waals surface area contributed by atoms with Crippen LogP contribution in [0.4, 0.5) is 0 Å². The number of rotatable bonds is 5. The summed E-state index contributed by atoms with van der Waals surface area (Å²) in [6.07, 6.45) is 0.655. The van der Waals surface area contributed by atoms with E-state index >= 15 is 0 Å². The SMILES string of the molecule is CCOC(=O)C(C)(C)Oc1ccc(C=O)c(Cl)c1. The minimum atomic E-state index is -1.11. The molecule has 0 heterocycles. The van der Waals surface area contributed by atoms with Crippen LogP contribution >= 0.6 is 11.6 Å². The van der Waals surface area contributed by atoms with E-state index in [4.69, 9.17) is 21.1 Å². The monoisotopic (exact) mass is 270 g/mol. The second kappa shape index (κ2) is 5.87. The third-order valence-corrected chi connectivity index (χ3v) is 2.57. The lowest BCUT2D eigenvalue weighted by molar-refractivity contribution is -0.158. The number of aldehydes is 1. The Morgan fingerprint density at radius 3 is 2.61 bits per heavy atom. The van der Waals surface area contributed by atoms with E-state index in [0.717, 1.165) is 0 Å². The van der Waals surface area contributed by atoms with Crippen molar-refractivity contribution in [1.29, 1.82) is 0 Å². The average molecular weight is 271 g/mol. The molecule has 0 amide bonds. The maximum Gasteiger partial charge on any atom is 0.349 e. The minimum absolute atomic E-state index is 0.280. The molecule has 0 saturated carbocycles. The number of ether oxygens (including phenoxy) is 2. The van der Waals surface area contributed by atoms with Crippen LogP contribution in [0, 0.1) is 0 Å². The standard InChI is InChI=1S/C13H15ClO4/c1-4-17-12(16)13(2,3)18-10-6-5-9(8-15)11(14)7-10/h5-8H,4H2,1-3H3. The van der Waals surface area contributed by atoms with E-state index in [1.165, 1.54) is 12.1 Å². The Morgan fingerprint density at radius 2 is 2.11 bits per heavy atom. The molecule has 0 radical (unpaired) electrons. The second-order valence-electron chi connectivity index (χ2n) is 4.13. The van der Waals surface area contributed by atoms with Crippen LogP contribution in [0.15, 0.2) is 18.2 Å². The lowest BCUT2D eigenvalue weighted by atomic mass is 10.1. The number of esters is 1. The van der Waals surface area contributed by atoms with Gasteiger partial charge in [-0.25, -0.2) is 4.79 Å². The highest BCUT2D eigenvalue weighted by atomic mass is 35.5. The summed E-state index contributed by atoms with van der Waals surface area (Å²) in [7, 11) is 0. The lowest BCUT2D eigenvalue weighted by Gasteiger charge is -2.24. The molecule has 5 heteroatoms. The highest BCUT2D eigenvalue weighted by molar-refractivity contribution is 6.33. The summed E-state index contributed by atoms with van der Waals surface area (Å²) in [6.45, 7) is 5.22. The van der Waals surface area contributed by atoms with Gasteiger partial charge in [0.15, 0.2) is 11.9 Å². The third kappa shape index (κ3) is 3.47. The fraction of sp³-hybridized carbons (Fsp3) is 0.385. The van der Waals surface area contributed by atoms with Crippen LogP contribution in [0.1, 0.15) is 31.1 Å². The number of hydrogen-bond acceptors (Lipinski definition) is 4. The zero-order valence-corrected chi connectivity index (χ0v) is 11.3. The van der Waals surface area contributed by atoms with Gasteiger partial charge >= 0.3 is 5.97 Å². The molecule has 1 rings (SSSR count). The lowest BCUT2D eigenvalue weighted by Crippen LogP contribution is -2.39. The van der Waals surface area contributed by atoms with Crippen molar-refractivity contribution >= 4 is 23.9 Å². The molecule has 0 aliphatic heterocycles. The van der Waals surface area contributed by atoms with Crippen molar-refractivity contribution in [3.05, 3.63) is 28.8 Å². The third-order valence-electron chi connectivity index (χ3n) is 2.24. The Hall–Kier alpha value is -1.55. The summed E-state index contributed by atoms with van der Waals surface area (Å²) in [5.41, 5.74) is -0.736. The van der Waals surface area contributed by atoms with Crippen molar-refractivity contribution in [2.24, 2.45) is 0 Å². The smallest absolute Gasteiger partial charge is 0.349 e. The molecule has 98 valence electrons. The average Bonchev–Trinajstić information content (AvgIpc) is 2.29. The topological polar surface area (TPSA) is 52.6 Å². The molecule has 1 aromatic rings. The summed E-state index contributed by atoms with van der Waals surface area (Å²) in [5.74, 6) is -0.0516. The van der Waals surface area contributed by atoms with Gasteiger partial charge in [-0.1, -0.05) is 11.6 Å². The van der Waals surface area contributed by atoms with Crippen LogP contribution in [0.2, 0.25) is 5.02 Å². The molecule has 0 aromatic heterocycles. The van der Waals surface area contributed by atoms with E-state index in [9.17, 15) is 9.59 Å². The summed E-state index contributed by atoms with van der Waals surface area (Å²) in [4.78, 5) is 22.3.